The van der Waals surface area contributed by atoms with E-state index in [1.165, 1.54) is 21.6 Å². The Morgan fingerprint density at radius 1 is 0.921 bits per heavy atom. The van der Waals surface area contributed by atoms with Gasteiger partial charge in [-0.2, -0.15) is 0 Å². The normalized spacial score (nSPS) is 19.2. The van der Waals surface area contributed by atoms with E-state index >= 15 is 0 Å². The topological polar surface area (TPSA) is 62.3 Å². The zero-order chi connectivity index (χ0) is 26.1. The van der Waals surface area contributed by atoms with Crippen LogP contribution in [-0.2, 0) is 11.2 Å². The average Bonchev–Trinajstić information content (AvgIpc) is 3.54. The SMILES string of the molecule is Cc1ccccc1[C@H]1c2ccsc2CCN1CCC(=O)N1CCCN(C(=O)c2ccc3c(c2)OCO3)CC1. The van der Waals surface area contributed by atoms with Crippen molar-refractivity contribution in [3.8, 4) is 11.5 Å². The molecule has 0 spiro atoms. The summed E-state index contributed by atoms with van der Waals surface area (Å²) in [5.41, 5.74) is 4.59. The third kappa shape index (κ3) is 4.90. The molecule has 3 aliphatic rings. The van der Waals surface area contributed by atoms with Crippen LogP contribution in [0.15, 0.2) is 53.9 Å². The number of amides is 2. The van der Waals surface area contributed by atoms with Crippen LogP contribution >= 0.6 is 11.3 Å². The molecule has 7 nitrogen and oxygen atoms in total. The van der Waals surface area contributed by atoms with Crippen LogP contribution in [0.4, 0.5) is 0 Å². The molecule has 1 aromatic heterocycles. The number of carbonyl (C=O) groups excluding carboxylic acids is 2. The number of aryl methyl sites for hydroxylation is 1. The van der Waals surface area contributed by atoms with Crippen LogP contribution < -0.4 is 9.47 Å². The van der Waals surface area contributed by atoms with Crippen LogP contribution in [-0.4, -0.2) is 72.6 Å². The second-order valence-corrected chi connectivity index (χ2v) is 11.2. The summed E-state index contributed by atoms with van der Waals surface area (Å²) < 4.78 is 10.8. The van der Waals surface area contributed by atoms with Gasteiger partial charge in [0.2, 0.25) is 12.7 Å². The lowest BCUT2D eigenvalue weighted by molar-refractivity contribution is -0.131. The largest absolute Gasteiger partial charge is 0.454 e. The van der Waals surface area contributed by atoms with Crippen LogP contribution in [0, 0.1) is 6.92 Å². The fourth-order valence-electron chi connectivity index (χ4n) is 5.85. The number of carbonyl (C=O) groups is 2. The molecule has 0 N–H and O–H groups in total. The van der Waals surface area contributed by atoms with E-state index in [1.807, 2.05) is 21.1 Å². The van der Waals surface area contributed by atoms with Gasteiger partial charge in [-0.15, -0.1) is 11.3 Å². The van der Waals surface area contributed by atoms with Gasteiger partial charge in [-0.3, -0.25) is 14.5 Å². The van der Waals surface area contributed by atoms with Gasteiger partial charge in [-0.1, -0.05) is 24.3 Å². The minimum atomic E-state index is -0.0291. The monoisotopic (exact) mass is 531 g/mol. The van der Waals surface area contributed by atoms with Crippen molar-refractivity contribution in [3.05, 3.63) is 81.0 Å². The molecule has 2 amide bonds. The Kier molecular flexibility index (Phi) is 7.08. The van der Waals surface area contributed by atoms with Gasteiger partial charge >= 0.3 is 0 Å². The maximum absolute atomic E-state index is 13.3. The Balaban J connectivity index is 1.09. The lowest BCUT2D eigenvalue weighted by Gasteiger charge is -2.37. The second-order valence-electron chi connectivity index (χ2n) is 10.2. The Bertz CT molecular complexity index is 1340. The van der Waals surface area contributed by atoms with Crippen molar-refractivity contribution in [1.29, 1.82) is 0 Å². The van der Waals surface area contributed by atoms with Gasteiger partial charge in [0.25, 0.3) is 5.91 Å². The smallest absolute Gasteiger partial charge is 0.254 e. The number of hydrogen-bond donors (Lipinski definition) is 0. The molecule has 0 aliphatic carbocycles. The molecule has 3 aromatic rings. The van der Waals surface area contributed by atoms with Crippen LogP contribution in [0.3, 0.4) is 0 Å². The number of hydrogen-bond acceptors (Lipinski definition) is 6. The average molecular weight is 532 g/mol. The molecule has 38 heavy (non-hydrogen) atoms. The van der Waals surface area contributed by atoms with E-state index in [0.717, 1.165) is 25.9 Å². The third-order valence-electron chi connectivity index (χ3n) is 7.92. The first-order valence-corrected chi connectivity index (χ1v) is 14.3. The quantitative estimate of drug-likeness (QED) is 0.485. The molecule has 1 atom stereocenters. The van der Waals surface area contributed by atoms with Gasteiger partial charge in [0.1, 0.15) is 0 Å². The fourth-order valence-corrected chi connectivity index (χ4v) is 6.75. The molecule has 1 saturated heterocycles. The molecule has 2 aromatic carbocycles. The zero-order valence-corrected chi connectivity index (χ0v) is 22.5. The molecule has 0 unspecified atom stereocenters. The lowest BCUT2D eigenvalue weighted by atomic mass is 9.90. The van der Waals surface area contributed by atoms with Gasteiger partial charge < -0.3 is 19.3 Å². The van der Waals surface area contributed by atoms with Crippen molar-refractivity contribution in [3.63, 3.8) is 0 Å². The molecule has 4 heterocycles. The summed E-state index contributed by atoms with van der Waals surface area (Å²) in [4.78, 5) is 34.2. The van der Waals surface area contributed by atoms with Crippen LogP contribution in [0.25, 0.3) is 0 Å². The van der Waals surface area contributed by atoms with Crippen LogP contribution in [0.5, 0.6) is 11.5 Å². The van der Waals surface area contributed by atoms with Crippen molar-refractivity contribution in [2.24, 2.45) is 0 Å². The Hall–Kier alpha value is -3.36. The van der Waals surface area contributed by atoms with Crippen molar-refractivity contribution in [2.45, 2.75) is 32.2 Å². The minimum Gasteiger partial charge on any atom is -0.454 e. The van der Waals surface area contributed by atoms with Crippen LogP contribution in [0.1, 0.15) is 50.8 Å². The zero-order valence-electron chi connectivity index (χ0n) is 21.7. The standard InChI is InChI=1S/C30H33N3O4S/c1-21-5-2-3-6-23(21)29-24-11-18-38-27(24)9-14-32(29)15-10-28(34)31-12-4-13-33(17-16-31)30(35)22-7-8-25-26(19-22)37-20-36-25/h2-3,5-8,11,18-19,29H,4,9-10,12-17,20H2,1H3/t29-/m0/s1. The molecule has 198 valence electrons. The van der Waals surface area contributed by atoms with Gasteiger partial charge in [-0.05, 0) is 66.1 Å². The predicted molar refractivity (Wildman–Crippen MR) is 147 cm³/mol. The fraction of sp³-hybridized carbons (Fsp3) is 0.400. The number of thiophene rings is 1. The Labute approximate surface area is 227 Å². The van der Waals surface area contributed by atoms with Crippen molar-refractivity contribution in [1.82, 2.24) is 14.7 Å². The molecule has 0 saturated carbocycles. The summed E-state index contributed by atoms with van der Waals surface area (Å²) in [6.45, 7) is 6.45. The van der Waals surface area contributed by atoms with Gasteiger partial charge in [0.05, 0.1) is 6.04 Å². The van der Waals surface area contributed by atoms with Crippen molar-refractivity contribution >= 4 is 23.2 Å². The van der Waals surface area contributed by atoms with E-state index in [9.17, 15) is 9.59 Å². The highest BCUT2D eigenvalue weighted by atomic mass is 32.1. The lowest BCUT2D eigenvalue weighted by Crippen LogP contribution is -2.41. The molecular weight excluding hydrogens is 498 g/mol. The number of ether oxygens (including phenoxy) is 2. The van der Waals surface area contributed by atoms with Gasteiger partial charge in [0.15, 0.2) is 11.5 Å². The first-order chi connectivity index (χ1) is 18.6. The maximum atomic E-state index is 13.3. The number of benzene rings is 2. The van der Waals surface area contributed by atoms with Crippen molar-refractivity contribution in [2.75, 3.05) is 46.1 Å². The highest BCUT2D eigenvalue weighted by molar-refractivity contribution is 7.10. The summed E-state index contributed by atoms with van der Waals surface area (Å²) in [5, 5.41) is 2.19. The number of nitrogens with zero attached hydrogens (tertiary/aromatic N) is 3. The molecule has 1 fully saturated rings. The number of rotatable bonds is 5. The summed E-state index contributed by atoms with van der Waals surface area (Å²) in [5.74, 6) is 1.42. The summed E-state index contributed by atoms with van der Waals surface area (Å²) in [6, 6.07) is 16.4. The number of fused-ring (bicyclic) bond motifs is 2. The van der Waals surface area contributed by atoms with Gasteiger partial charge in [0, 0.05) is 56.1 Å². The van der Waals surface area contributed by atoms with E-state index in [2.05, 4.69) is 47.5 Å². The summed E-state index contributed by atoms with van der Waals surface area (Å²) >= 11 is 1.84. The Morgan fingerprint density at radius 3 is 2.63 bits per heavy atom. The summed E-state index contributed by atoms with van der Waals surface area (Å²) in [7, 11) is 0. The first-order valence-electron chi connectivity index (χ1n) is 13.4. The minimum absolute atomic E-state index is 0.0291. The van der Waals surface area contributed by atoms with E-state index < -0.39 is 0 Å². The van der Waals surface area contributed by atoms with E-state index in [1.54, 1.807) is 18.2 Å². The molecule has 8 heteroatoms. The van der Waals surface area contributed by atoms with Crippen LogP contribution in [0.2, 0.25) is 0 Å². The highest BCUT2D eigenvalue weighted by Gasteiger charge is 2.31. The maximum Gasteiger partial charge on any atom is 0.254 e. The molecular formula is C30H33N3O4S. The molecule has 0 bridgehead atoms. The molecule has 3 aliphatic heterocycles. The van der Waals surface area contributed by atoms with Gasteiger partial charge in [-0.25, -0.2) is 0 Å². The Morgan fingerprint density at radius 2 is 1.74 bits per heavy atom. The second kappa shape index (κ2) is 10.8. The van der Waals surface area contributed by atoms with E-state index in [-0.39, 0.29) is 24.6 Å². The van der Waals surface area contributed by atoms with E-state index in [0.29, 0.717) is 49.7 Å². The first kappa shape index (κ1) is 24.9. The van der Waals surface area contributed by atoms with Crippen molar-refractivity contribution < 1.29 is 19.1 Å². The highest BCUT2D eigenvalue weighted by Crippen LogP contribution is 2.39. The predicted octanol–water partition coefficient (Wildman–Crippen LogP) is 4.50. The third-order valence-corrected chi connectivity index (χ3v) is 8.91. The molecule has 6 rings (SSSR count). The van der Waals surface area contributed by atoms with E-state index in [4.69, 9.17) is 9.47 Å². The molecule has 0 radical (unpaired) electrons. The summed E-state index contributed by atoms with van der Waals surface area (Å²) in [6.07, 6.45) is 2.29.